The lowest BCUT2D eigenvalue weighted by Gasteiger charge is -2.23. The highest BCUT2D eigenvalue weighted by Gasteiger charge is 2.18. The van der Waals surface area contributed by atoms with Gasteiger partial charge in [-0.15, -0.1) is 11.8 Å². The average Bonchev–Trinajstić information content (AvgIpc) is 2.15. The zero-order valence-corrected chi connectivity index (χ0v) is 9.49. The van der Waals surface area contributed by atoms with E-state index in [4.69, 9.17) is 0 Å². The maximum Gasteiger partial charge on any atom is 0.0493 e. The fourth-order valence-corrected chi connectivity index (χ4v) is 2.87. The number of aliphatic imine (C=N–C) groups is 1. The molecule has 0 fully saturated rings. The second-order valence-corrected chi connectivity index (χ2v) is 4.75. The molecule has 1 aliphatic rings. The van der Waals surface area contributed by atoms with Gasteiger partial charge in [-0.2, -0.15) is 0 Å². The maximum absolute atomic E-state index is 4.14. The molecule has 1 unspecified atom stereocenters. The van der Waals surface area contributed by atoms with Gasteiger partial charge in [0.15, 0.2) is 0 Å². The van der Waals surface area contributed by atoms with Crippen molar-refractivity contribution in [2.45, 2.75) is 39.5 Å². The molecule has 0 aromatic carbocycles. The molecule has 0 spiro atoms. The van der Waals surface area contributed by atoms with Gasteiger partial charge >= 0.3 is 0 Å². The number of rotatable bonds is 4. The Morgan fingerprint density at radius 2 is 2.38 bits per heavy atom. The first-order valence-corrected chi connectivity index (χ1v) is 6.10. The van der Waals surface area contributed by atoms with Crippen LogP contribution in [0, 0.1) is 5.92 Å². The van der Waals surface area contributed by atoms with Crippen molar-refractivity contribution >= 4 is 18.5 Å². The monoisotopic (exact) mass is 197 g/mol. The van der Waals surface area contributed by atoms with Gasteiger partial charge in [0.25, 0.3) is 0 Å². The van der Waals surface area contributed by atoms with Crippen LogP contribution in [0.1, 0.15) is 39.5 Å². The predicted molar refractivity (Wildman–Crippen MR) is 62.3 cm³/mol. The summed E-state index contributed by atoms with van der Waals surface area (Å²) in [5.41, 5.74) is 1.26. The van der Waals surface area contributed by atoms with E-state index in [2.05, 4.69) is 25.6 Å². The van der Waals surface area contributed by atoms with E-state index >= 15 is 0 Å². The summed E-state index contributed by atoms with van der Waals surface area (Å²) in [6.45, 7) is 8.19. The van der Waals surface area contributed by atoms with Crippen LogP contribution in [0.25, 0.3) is 0 Å². The third-order valence-electron chi connectivity index (χ3n) is 2.44. The van der Waals surface area contributed by atoms with Crippen molar-refractivity contribution in [3.63, 3.8) is 0 Å². The summed E-state index contributed by atoms with van der Waals surface area (Å²) >= 11 is 1.98. The lowest BCUT2D eigenvalue weighted by Crippen LogP contribution is -2.06. The highest BCUT2D eigenvalue weighted by molar-refractivity contribution is 8.03. The minimum Gasteiger partial charge on any atom is -0.268 e. The van der Waals surface area contributed by atoms with E-state index < -0.39 is 0 Å². The first-order valence-electron chi connectivity index (χ1n) is 5.12. The van der Waals surface area contributed by atoms with Crippen molar-refractivity contribution in [3.8, 4) is 0 Å². The highest BCUT2D eigenvalue weighted by atomic mass is 32.2. The summed E-state index contributed by atoms with van der Waals surface area (Å²) in [5, 5.41) is 0. The molecule has 1 nitrogen and oxygen atoms in total. The van der Waals surface area contributed by atoms with E-state index in [1.165, 1.54) is 35.6 Å². The number of thioether (sulfide) groups is 1. The van der Waals surface area contributed by atoms with Crippen molar-refractivity contribution < 1.29 is 0 Å². The number of nitrogens with zero attached hydrogens (tertiary/aromatic N) is 1. The topological polar surface area (TPSA) is 12.4 Å². The summed E-state index contributed by atoms with van der Waals surface area (Å²) in [6, 6.07) is 0. The van der Waals surface area contributed by atoms with Crippen LogP contribution in [-0.2, 0) is 0 Å². The lowest BCUT2D eigenvalue weighted by molar-refractivity contribution is 0.557. The fourth-order valence-electron chi connectivity index (χ4n) is 1.71. The van der Waals surface area contributed by atoms with Crippen LogP contribution in [0.5, 0.6) is 0 Å². The molecule has 2 heteroatoms. The van der Waals surface area contributed by atoms with Crippen molar-refractivity contribution in [2.24, 2.45) is 10.9 Å². The second-order valence-electron chi connectivity index (χ2n) is 3.61. The molecule has 1 aliphatic carbocycles. The van der Waals surface area contributed by atoms with Gasteiger partial charge in [-0.3, -0.25) is 4.99 Å². The van der Waals surface area contributed by atoms with E-state index in [-0.39, 0.29) is 0 Å². The van der Waals surface area contributed by atoms with Crippen molar-refractivity contribution in [1.29, 1.82) is 0 Å². The smallest absolute Gasteiger partial charge is 0.0493 e. The van der Waals surface area contributed by atoms with Gasteiger partial charge in [0, 0.05) is 10.6 Å². The number of allylic oxidation sites excluding steroid dienone is 2. The lowest BCUT2D eigenvalue weighted by atomic mass is 9.95. The molecule has 1 rings (SSSR count). The van der Waals surface area contributed by atoms with Gasteiger partial charge in [-0.1, -0.05) is 13.8 Å². The molecule has 0 aromatic rings. The summed E-state index contributed by atoms with van der Waals surface area (Å²) in [4.78, 5) is 5.64. The molecular formula is C11H19NS. The third-order valence-corrected chi connectivity index (χ3v) is 4.00. The van der Waals surface area contributed by atoms with E-state index in [0.717, 1.165) is 6.42 Å². The zero-order chi connectivity index (χ0) is 9.68. The Balaban J connectivity index is 2.69. The summed E-state index contributed by atoms with van der Waals surface area (Å²) in [5.74, 6) is 1.93. The molecule has 0 aliphatic heterocycles. The first kappa shape index (κ1) is 10.8. The van der Waals surface area contributed by atoms with Gasteiger partial charge in [-0.25, -0.2) is 0 Å². The summed E-state index contributed by atoms with van der Waals surface area (Å²) in [7, 11) is 0. The maximum atomic E-state index is 4.14. The van der Waals surface area contributed by atoms with Crippen LogP contribution in [0.4, 0.5) is 0 Å². The Bertz CT molecular complexity index is 208. The Hall–Kier alpha value is -0.240. The molecule has 0 saturated carbocycles. The van der Waals surface area contributed by atoms with Crippen LogP contribution in [0.3, 0.4) is 0 Å². The minimum atomic E-state index is 0.714. The van der Waals surface area contributed by atoms with Crippen molar-refractivity contribution in [3.05, 3.63) is 10.6 Å². The van der Waals surface area contributed by atoms with Crippen LogP contribution < -0.4 is 0 Å². The Kier molecular flexibility index (Phi) is 4.57. The molecular weight excluding hydrogens is 178 g/mol. The summed E-state index contributed by atoms with van der Waals surface area (Å²) in [6.07, 6.45) is 4.99. The van der Waals surface area contributed by atoms with E-state index in [9.17, 15) is 0 Å². The van der Waals surface area contributed by atoms with Crippen molar-refractivity contribution in [2.75, 3.05) is 5.75 Å². The Morgan fingerprint density at radius 1 is 1.62 bits per heavy atom. The number of hydrogen-bond acceptors (Lipinski definition) is 2. The normalized spacial score (nSPS) is 23.4. The van der Waals surface area contributed by atoms with E-state index in [1.807, 2.05) is 11.8 Å². The standard InChI is InChI=1S/C11H19NS/c1-4-8-13-11-9(2)6-5-7-10(11)12-3/h9H,3-8H2,1-2H3. The summed E-state index contributed by atoms with van der Waals surface area (Å²) < 4.78 is 0. The van der Waals surface area contributed by atoms with Gasteiger partial charge in [0.1, 0.15) is 0 Å². The molecule has 0 aromatic heterocycles. The predicted octanol–water partition coefficient (Wildman–Crippen LogP) is 3.86. The molecule has 0 amide bonds. The molecule has 0 saturated heterocycles. The number of hydrogen-bond donors (Lipinski definition) is 0. The SMILES string of the molecule is C=NC1=C(SCCC)C(C)CCC1. The van der Waals surface area contributed by atoms with Crippen LogP contribution in [0.15, 0.2) is 15.6 Å². The highest BCUT2D eigenvalue weighted by Crippen LogP contribution is 2.37. The molecule has 1 atom stereocenters. The van der Waals surface area contributed by atoms with Gasteiger partial charge in [-0.05, 0) is 44.1 Å². The molecule has 0 bridgehead atoms. The fraction of sp³-hybridized carbons (Fsp3) is 0.727. The molecule has 0 radical (unpaired) electrons. The van der Waals surface area contributed by atoms with Crippen LogP contribution >= 0.6 is 11.8 Å². The zero-order valence-electron chi connectivity index (χ0n) is 8.68. The van der Waals surface area contributed by atoms with Gasteiger partial charge < -0.3 is 0 Å². The molecule has 74 valence electrons. The van der Waals surface area contributed by atoms with E-state index in [0.29, 0.717) is 5.92 Å². The third kappa shape index (κ3) is 2.87. The van der Waals surface area contributed by atoms with Crippen LogP contribution in [-0.4, -0.2) is 12.5 Å². The molecule has 0 N–H and O–H groups in total. The quantitative estimate of drug-likeness (QED) is 0.623. The van der Waals surface area contributed by atoms with Crippen molar-refractivity contribution in [1.82, 2.24) is 0 Å². The Morgan fingerprint density at radius 3 is 3.00 bits per heavy atom. The van der Waals surface area contributed by atoms with E-state index in [1.54, 1.807) is 0 Å². The molecule has 13 heavy (non-hydrogen) atoms. The van der Waals surface area contributed by atoms with Crippen LogP contribution in [0.2, 0.25) is 0 Å². The second kappa shape index (κ2) is 5.48. The largest absolute Gasteiger partial charge is 0.268 e. The first-order chi connectivity index (χ1) is 6.29. The minimum absolute atomic E-state index is 0.714. The average molecular weight is 197 g/mol. The van der Waals surface area contributed by atoms with Gasteiger partial charge in [0.2, 0.25) is 0 Å². The Labute approximate surface area is 85.7 Å². The molecule has 0 heterocycles. The van der Waals surface area contributed by atoms with Gasteiger partial charge in [0.05, 0.1) is 0 Å².